The van der Waals surface area contributed by atoms with Gasteiger partial charge in [-0.15, -0.1) is 0 Å². The molecule has 0 saturated carbocycles. The van der Waals surface area contributed by atoms with Crippen LogP contribution >= 0.6 is 0 Å². The zero-order chi connectivity index (χ0) is 23.9. The predicted octanol–water partition coefficient (Wildman–Crippen LogP) is 3.57. The van der Waals surface area contributed by atoms with Crippen LogP contribution in [0.5, 0.6) is 0 Å². The van der Waals surface area contributed by atoms with Gasteiger partial charge in [0.2, 0.25) is 0 Å². The largest absolute Gasteiger partial charge is 0.397 e. The summed E-state index contributed by atoms with van der Waals surface area (Å²) in [4.78, 5) is 14.8. The van der Waals surface area contributed by atoms with Gasteiger partial charge in [-0.05, 0) is 61.3 Å². The maximum Gasteiger partial charge on any atom is 0.267 e. The van der Waals surface area contributed by atoms with Crippen molar-refractivity contribution in [1.29, 1.82) is 0 Å². The Morgan fingerprint density at radius 3 is 2.56 bits per heavy atom. The molecule has 0 aliphatic carbocycles. The average Bonchev–Trinajstić information content (AvgIpc) is 2.83. The normalized spacial score (nSPS) is 14.8. The minimum Gasteiger partial charge on any atom is -0.397 e. The Hall–Kier alpha value is -3.52. The summed E-state index contributed by atoms with van der Waals surface area (Å²) in [6, 6.07) is 13.5. The lowest BCUT2D eigenvalue weighted by Crippen LogP contribution is -2.34. The van der Waals surface area contributed by atoms with Crippen LogP contribution in [0.3, 0.4) is 0 Å². The van der Waals surface area contributed by atoms with Crippen molar-refractivity contribution >= 4 is 5.70 Å². The Kier molecular flexibility index (Phi) is 7.69. The van der Waals surface area contributed by atoms with E-state index in [2.05, 4.69) is 15.3 Å². The van der Waals surface area contributed by atoms with E-state index in [0.717, 1.165) is 43.4 Å². The summed E-state index contributed by atoms with van der Waals surface area (Å²) in [5.74, 6) is -1.40. The maximum atomic E-state index is 13.6. The van der Waals surface area contributed by atoms with Crippen molar-refractivity contribution in [3.63, 3.8) is 0 Å². The molecule has 8 heteroatoms. The third kappa shape index (κ3) is 6.29. The number of aromatic nitrogens is 2. The van der Waals surface area contributed by atoms with Crippen molar-refractivity contribution in [2.24, 2.45) is 5.73 Å². The first-order chi connectivity index (χ1) is 16.5. The van der Waals surface area contributed by atoms with Crippen molar-refractivity contribution in [2.45, 2.75) is 25.8 Å². The Morgan fingerprint density at radius 1 is 1.03 bits per heavy atom. The van der Waals surface area contributed by atoms with E-state index in [0.29, 0.717) is 11.4 Å². The molecule has 1 aliphatic heterocycles. The van der Waals surface area contributed by atoms with Gasteiger partial charge in [-0.3, -0.25) is 4.79 Å². The van der Waals surface area contributed by atoms with Gasteiger partial charge >= 0.3 is 0 Å². The fourth-order valence-electron chi connectivity index (χ4n) is 4.11. The van der Waals surface area contributed by atoms with E-state index >= 15 is 0 Å². The van der Waals surface area contributed by atoms with E-state index in [1.165, 1.54) is 48.2 Å². The molecule has 1 aromatic heterocycles. The zero-order valence-corrected chi connectivity index (χ0v) is 19.0. The van der Waals surface area contributed by atoms with Gasteiger partial charge in [0.1, 0.15) is 11.6 Å². The molecule has 2 aromatic carbocycles. The van der Waals surface area contributed by atoms with Gasteiger partial charge in [0.05, 0.1) is 17.9 Å². The van der Waals surface area contributed by atoms with Crippen LogP contribution in [0.1, 0.15) is 30.4 Å². The number of halogens is 2. The van der Waals surface area contributed by atoms with Crippen LogP contribution in [0, 0.1) is 11.6 Å². The highest BCUT2D eigenvalue weighted by atomic mass is 19.1. The minimum absolute atomic E-state index is 0.202. The molecule has 178 valence electrons. The molecule has 0 unspecified atom stereocenters. The summed E-state index contributed by atoms with van der Waals surface area (Å²) in [6.45, 7) is 4.34. The Labute approximate surface area is 197 Å². The fourth-order valence-corrected chi connectivity index (χ4v) is 4.11. The van der Waals surface area contributed by atoms with Crippen molar-refractivity contribution in [3.8, 4) is 11.3 Å². The zero-order valence-electron chi connectivity index (χ0n) is 19.0. The number of hydrogen-bond donors (Lipinski definition) is 2. The van der Waals surface area contributed by atoms with Crippen LogP contribution < -0.4 is 16.6 Å². The Morgan fingerprint density at radius 2 is 1.79 bits per heavy atom. The van der Waals surface area contributed by atoms with Gasteiger partial charge in [-0.1, -0.05) is 24.6 Å². The Balaban J connectivity index is 1.44. The molecular formula is C26H29F2N5O. The molecule has 1 saturated heterocycles. The molecule has 0 atom stereocenters. The van der Waals surface area contributed by atoms with E-state index in [1.54, 1.807) is 0 Å². The standard InChI is InChI=1S/C26H29F2N5O/c27-22-14-21(15-23(28)16-22)25-7-8-26(34)33(31-25)18-19-5-4-6-20(13-19)24(29)17-30-9-12-32-10-2-1-3-11-32/h4-8,13-17,30H,1-3,9-12,18,29H2/b24-17-. The highest BCUT2D eigenvalue weighted by Gasteiger charge is 2.10. The first kappa shape index (κ1) is 23.6. The second kappa shape index (κ2) is 11.1. The third-order valence-corrected chi connectivity index (χ3v) is 5.90. The number of benzene rings is 2. The van der Waals surface area contributed by atoms with Crippen LogP contribution in [0.4, 0.5) is 8.78 Å². The lowest BCUT2D eigenvalue weighted by molar-refractivity contribution is 0.231. The fraction of sp³-hybridized carbons (Fsp3) is 0.308. The van der Waals surface area contributed by atoms with E-state index in [-0.39, 0.29) is 17.7 Å². The van der Waals surface area contributed by atoms with Gasteiger partial charge in [0.25, 0.3) is 5.56 Å². The van der Waals surface area contributed by atoms with E-state index in [1.807, 2.05) is 30.5 Å². The average molecular weight is 466 g/mol. The van der Waals surface area contributed by atoms with Crippen molar-refractivity contribution < 1.29 is 8.78 Å². The SMILES string of the molecule is N/C(=C\NCCN1CCCCC1)c1cccc(Cn2nc(-c3cc(F)cc(F)c3)ccc2=O)c1. The molecule has 2 heterocycles. The van der Waals surface area contributed by atoms with E-state index in [9.17, 15) is 13.6 Å². The topological polar surface area (TPSA) is 76.2 Å². The molecule has 3 aromatic rings. The lowest BCUT2D eigenvalue weighted by Gasteiger charge is -2.26. The molecule has 4 rings (SSSR count). The second-order valence-electron chi connectivity index (χ2n) is 8.53. The van der Waals surface area contributed by atoms with Crippen molar-refractivity contribution in [3.05, 3.63) is 93.9 Å². The van der Waals surface area contributed by atoms with Gasteiger partial charge in [0, 0.05) is 37.0 Å². The van der Waals surface area contributed by atoms with Crippen molar-refractivity contribution in [1.82, 2.24) is 20.0 Å². The highest BCUT2D eigenvalue weighted by Crippen LogP contribution is 2.19. The number of nitrogens with one attached hydrogen (secondary N) is 1. The summed E-state index contributed by atoms with van der Waals surface area (Å²) >= 11 is 0. The molecule has 0 radical (unpaired) electrons. The molecule has 6 nitrogen and oxygen atoms in total. The summed E-state index contributed by atoms with van der Waals surface area (Å²) < 4.78 is 28.5. The minimum atomic E-state index is -0.700. The first-order valence-corrected chi connectivity index (χ1v) is 11.5. The number of nitrogens with two attached hydrogens (primary N) is 1. The van der Waals surface area contributed by atoms with E-state index < -0.39 is 11.6 Å². The smallest absolute Gasteiger partial charge is 0.267 e. The summed E-state index contributed by atoms with van der Waals surface area (Å²) in [6.07, 6.45) is 5.67. The van der Waals surface area contributed by atoms with Crippen LogP contribution in [0.2, 0.25) is 0 Å². The third-order valence-electron chi connectivity index (χ3n) is 5.90. The number of rotatable bonds is 8. The molecule has 0 amide bonds. The van der Waals surface area contributed by atoms with Gasteiger partial charge in [-0.25, -0.2) is 13.5 Å². The quantitative estimate of drug-likeness (QED) is 0.498. The maximum absolute atomic E-state index is 13.6. The number of hydrogen-bond acceptors (Lipinski definition) is 5. The van der Waals surface area contributed by atoms with Crippen LogP contribution in [-0.2, 0) is 6.54 Å². The predicted molar refractivity (Wildman–Crippen MR) is 130 cm³/mol. The van der Waals surface area contributed by atoms with Gasteiger partial charge < -0.3 is 16.0 Å². The summed E-state index contributed by atoms with van der Waals surface area (Å²) in [5, 5.41) is 7.59. The molecule has 0 bridgehead atoms. The number of likely N-dealkylation sites (tertiary alicyclic amines) is 1. The number of piperidine rings is 1. The Bertz CT molecular complexity index is 1200. The monoisotopic (exact) mass is 465 g/mol. The van der Waals surface area contributed by atoms with Gasteiger partial charge in [-0.2, -0.15) is 5.10 Å². The first-order valence-electron chi connectivity index (χ1n) is 11.5. The van der Waals surface area contributed by atoms with Crippen LogP contribution in [0.25, 0.3) is 17.0 Å². The van der Waals surface area contributed by atoms with Crippen molar-refractivity contribution in [2.75, 3.05) is 26.2 Å². The highest BCUT2D eigenvalue weighted by molar-refractivity contribution is 5.63. The lowest BCUT2D eigenvalue weighted by atomic mass is 10.1. The second-order valence-corrected chi connectivity index (χ2v) is 8.53. The molecule has 0 spiro atoms. The molecule has 34 heavy (non-hydrogen) atoms. The molecular weight excluding hydrogens is 436 g/mol. The van der Waals surface area contributed by atoms with Gasteiger partial charge in [0.15, 0.2) is 0 Å². The number of nitrogens with zero attached hydrogens (tertiary/aromatic N) is 3. The molecule has 3 N–H and O–H groups in total. The van der Waals surface area contributed by atoms with Crippen LogP contribution in [-0.4, -0.2) is 40.9 Å². The summed E-state index contributed by atoms with van der Waals surface area (Å²) in [5.41, 5.74) is 8.80. The molecule has 1 aliphatic rings. The van der Waals surface area contributed by atoms with E-state index in [4.69, 9.17) is 5.73 Å². The van der Waals surface area contributed by atoms with Crippen LogP contribution in [0.15, 0.2) is 65.6 Å². The summed E-state index contributed by atoms with van der Waals surface area (Å²) in [7, 11) is 0. The molecule has 1 fully saturated rings.